The van der Waals surface area contributed by atoms with E-state index in [1.165, 1.54) is 89.0 Å². The SMILES string of the molecule is C=C(C)C(=O)NCCCNC(=O)C(C)CS(=O)(=O)[O-].C=C(C)C(=O)NCCCNC(=O)C(N)CC.CCCC[N+](CCCC)(CCCC)CCCC.NN.O. The molecule has 0 aromatic carbocycles. The summed E-state index contributed by atoms with van der Waals surface area (Å²) < 4.78 is 32.8. The Labute approximate surface area is 334 Å². The Bertz CT molecular complexity index is 1100. The maximum Gasteiger partial charge on any atom is 0.246 e. The lowest BCUT2D eigenvalue weighted by molar-refractivity contribution is -0.929. The first-order chi connectivity index (χ1) is 25.4. The van der Waals surface area contributed by atoms with Crippen molar-refractivity contribution in [2.45, 2.75) is 132 Å². The molecule has 328 valence electrons. The zero-order valence-electron chi connectivity index (χ0n) is 35.7. The van der Waals surface area contributed by atoms with Crippen molar-refractivity contribution in [2.24, 2.45) is 23.3 Å². The zero-order chi connectivity index (χ0) is 42.6. The van der Waals surface area contributed by atoms with Gasteiger partial charge >= 0.3 is 0 Å². The second-order valence-corrected chi connectivity index (χ2v) is 15.1. The third-order valence-electron chi connectivity index (χ3n) is 8.27. The van der Waals surface area contributed by atoms with E-state index in [4.69, 9.17) is 5.73 Å². The number of unbranched alkanes of at least 4 members (excludes halogenated alkanes) is 4. The van der Waals surface area contributed by atoms with Gasteiger partial charge in [-0.15, -0.1) is 0 Å². The molecule has 0 aliphatic rings. The summed E-state index contributed by atoms with van der Waals surface area (Å²) in [4.78, 5) is 44.8. The van der Waals surface area contributed by atoms with Crippen LogP contribution in [0.4, 0.5) is 0 Å². The zero-order valence-corrected chi connectivity index (χ0v) is 36.5. The Morgan fingerprint density at radius 3 is 1.22 bits per heavy atom. The van der Waals surface area contributed by atoms with Crippen molar-refractivity contribution < 1.29 is 42.1 Å². The summed E-state index contributed by atoms with van der Waals surface area (Å²) >= 11 is 0. The minimum absolute atomic E-state index is 0. The van der Waals surface area contributed by atoms with Crippen LogP contribution in [-0.2, 0) is 29.3 Å². The molecule has 0 saturated heterocycles. The average molecular weight is 811 g/mol. The minimum atomic E-state index is -4.40. The Morgan fingerprint density at radius 2 is 0.945 bits per heavy atom. The Hall–Kier alpha value is -2.93. The lowest BCUT2D eigenvalue weighted by Crippen LogP contribution is -2.50. The smallest absolute Gasteiger partial charge is 0.246 e. The van der Waals surface area contributed by atoms with E-state index in [0.29, 0.717) is 56.6 Å². The maximum atomic E-state index is 11.4. The van der Waals surface area contributed by atoms with Gasteiger partial charge < -0.3 is 41.5 Å². The molecule has 0 aromatic rings. The second-order valence-electron chi connectivity index (χ2n) is 13.7. The normalized spacial score (nSPS) is 11.6. The number of hydrogen-bond donors (Lipinski definition) is 7. The summed E-state index contributed by atoms with van der Waals surface area (Å²) in [6.45, 7) is 30.2. The van der Waals surface area contributed by atoms with Gasteiger partial charge in [0.15, 0.2) is 0 Å². The fourth-order valence-corrected chi connectivity index (χ4v) is 5.59. The third-order valence-corrected chi connectivity index (χ3v) is 9.18. The summed E-state index contributed by atoms with van der Waals surface area (Å²) in [5.74, 6) is 5.35. The lowest BCUT2D eigenvalue weighted by atomic mass is 10.1. The number of rotatable bonds is 27. The Kier molecular flexibility index (Phi) is 43.8. The molecule has 0 bridgehead atoms. The highest BCUT2D eigenvalue weighted by Gasteiger charge is 2.24. The topological polar surface area (TPSA) is 283 Å². The van der Waals surface area contributed by atoms with Crippen LogP contribution >= 0.6 is 0 Å². The van der Waals surface area contributed by atoms with Crippen molar-refractivity contribution in [3.8, 4) is 0 Å². The lowest BCUT2D eigenvalue weighted by Gasteiger charge is -2.39. The number of carbonyl (C=O) groups is 4. The first-order valence-corrected chi connectivity index (χ1v) is 21.2. The van der Waals surface area contributed by atoms with Gasteiger partial charge in [-0.2, -0.15) is 0 Å². The van der Waals surface area contributed by atoms with Gasteiger partial charge in [0.05, 0.1) is 42.3 Å². The first kappa shape index (κ1) is 61.3. The standard InChI is InChI=1S/C16H36N.C11H21N3O2.C11H20N2O5S.H4N2.H2O/c1-5-9-13-17(14-10-6-2,15-11-7-3)16-12-8-4;1-4-9(12)11(16)14-7-5-6-13-10(15)8(2)3;1-8(2)10(14)12-5-4-6-13-11(15)9(3)7-19(16,17)18;1-2;/h5-16H2,1-4H3;9H,2,4-7,12H2,1,3H3,(H,13,15)(H,14,16);9H,1,4-7H2,2-3H3,(H,12,14)(H,13,15)(H,16,17,18);1-2H2;1H2/q+1;;;;/p-1. The number of quaternary nitrogens is 1. The number of nitrogens with zero attached hydrogens (tertiary/aromatic N) is 1. The van der Waals surface area contributed by atoms with Crippen LogP contribution in [0.1, 0.15) is 126 Å². The molecule has 17 heteroatoms. The molecule has 2 unspecified atom stereocenters. The van der Waals surface area contributed by atoms with E-state index in [-0.39, 0.29) is 23.2 Å². The highest BCUT2D eigenvalue weighted by atomic mass is 32.2. The van der Waals surface area contributed by atoms with Crippen molar-refractivity contribution in [3.63, 3.8) is 0 Å². The van der Waals surface area contributed by atoms with Gasteiger partial charge in [-0.1, -0.05) is 80.4 Å². The largest absolute Gasteiger partial charge is 0.748 e. The maximum absolute atomic E-state index is 11.4. The van der Waals surface area contributed by atoms with Crippen molar-refractivity contribution in [2.75, 3.05) is 58.1 Å². The van der Waals surface area contributed by atoms with E-state index in [0.717, 1.165) is 0 Å². The number of carbonyl (C=O) groups excluding carboxylic acids is 4. The summed E-state index contributed by atoms with van der Waals surface area (Å²) in [5.41, 5.74) is 6.41. The van der Waals surface area contributed by atoms with Gasteiger partial charge in [-0.3, -0.25) is 30.9 Å². The van der Waals surface area contributed by atoms with Crippen LogP contribution in [0.5, 0.6) is 0 Å². The van der Waals surface area contributed by atoms with Crippen LogP contribution in [0.15, 0.2) is 24.3 Å². The molecular formula is C38H82N8O8S. The van der Waals surface area contributed by atoms with Crippen molar-refractivity contribution in [1.82, 2.24) is 21.3 Å². The number of hydrogen-bond acceptors (Lipinski definition) is 10. The van der Waals surface area contributed by atoms with Crippen LogP contribution in [-0.4, -0.2) is 111 Å². The van der Waals surface area contributed by atoms with Gasteiger partial charge in [0.2, 0.25) is 23.6 Å². The Balaban J connectivity index is -0.000000221. The fourth-order valence-electron chi connectivity index (χ4n) is 4.82. The average Bonchev–Trinajstić information content (AvgIpc) is 3.13. The molecule has 0 fully saturated rings. The van der Waals surface area contributed by atoms with E-state index in [9.17, 15) is 32.1 Å². The highest BCUT2D eigenvalue weighted by molar-refractivity contribution is 7.85. The summed E-state index contributed by atoms with van der Waals surface area (Å²) in [6.07, 6.45) is 12.9. The van der Waals surface area contributed by atoms with E-state index < -0.39 is 33.7 Å². The van der Waals surface area contributed by atoms with Crippen LogP contribution in [0.25, 0.3) is 0 Å². The molecule has 12 N–H and O–H groups in total. The number of nitrogens with one attached hydrogen (secondary N) is 4. The molecule has 0 heterocycles. The van der Waals surface area contributed by atoms with Crippen LogP contribution in [0, 0.1) is 5.92 Å². The summed E-state index contributed by atoms with van der Waals surface area (Å²) in [5, 5.41) is 10.5. The first-order valence-electron chi connectivity index (χ1n) is 19.7. The van der Waals surface area contributed by atoms with E-state index >= 15 is 0 Å². The van der Waals surface area contributed by atoms with Gasteiger partial charge in [0.1, 0.15) is 0 Å². The van der Waals surface area contributed by atoms with E-state index in [1.807, 2.05) is 6.92 Å². The van der Waals surface area contributed by atoms with E-state index in [1.54, 1.807) is 13.8 Å². The predicted octanol–water partition coefficient (Wildman–Crippen LogP) is 2.29. The molecule has 0 aliphatic heterocycles. The molecule has 0 aromatic heterocycles. The van der Waals surface area contributed by atoms with Gasteiger partial charge in [-0.25, -0.2) is 8.42 Å². The quantitative estimate of drug-likeness (QED) is 0.0159. The van der Waals surface area contributed by atoms with Gasteiger partial charge in [0.25, 0.3) is 0 Å². The van der Waals surface area contributed by atoms with E-state index in [2.05, 4.69) is 73.8 Å². The third kappa shape index (κ3) is 39.1. The predicted molar refractivity (Wildman–Crippen MR) is 224 cm³/mol. The highest BCUT2D eigenvalue weighted by Crippen LogP contribution is 2.16. The molecular weight excluding hydrogens is 729 g/mol. The van der Waals surface area contributed by atoms with Crippen molar-refractivity contribution in [1.29, 1.82) is 0 Å². The molecule has 4 amide bonds. The molecule has 55 heavy (non-hydrogen) atoms. The fraction of sp³-hybridized carbons (Fsp3) is 0.789. The summed E-state index contributed by atoms with van der Waals surface area (Å²) in [6, 6.07) is -0.440. The molecule has 0 spiro atoms. The number of nitrogens with two attached hydrogens (primary N) is 3. The van der Waals surface area contributed by atoms with Gasteiger partial charge in [-0.05, 0) is 58.8 Å². The molecule has 2 atom stereocenters. The van der Waals surface area contributed by atoms with Gasteiger partial charge in [0, 0.05) is 49.0 Å². The molecule has 0 saturated carbocycles. The molecule has 0 aliphatic carbocycles. The van der Waals surface area contributed by atoms with Crippen molar-refractivity contribution in [3.05, 3.63) is 24.3 Å². The number of hydrazine groups is 1. The minimum Gasteiger partial charge on any atom is -0.748 e. The van der Waals surface area contributed by atoms with Crippen LogP contribution in [0.3, 0.4) is 0 Å². The van der Waals surface area contributed by atoms with Crippen LogP contribution < -0.4 is 38.7 Å². The second kappa shape index (κ2) is 39.3. The monoisotopic (exact) mass is 811 g/mol. The molecule has 16 nitrogen and oxygen atoms in total. The van der Waals surface area contributed by atoms with Crippen LogP contribution in [0.2, 0.25) is 0 Å². The number of amides is 4. The van der Waals surface area contributed by atoms with Crippen molar-refractivity contribution >= 4 is 33.7 Å². The molecule has 0 rings (SSSR count). The summed E-state index contributed by atoms with van der Waals surface area (Å²) in [7, 11) is -4.40. The molecule has 0 radical (unpaired) electrons. The Morgan fingerprint density at radius 1 is 0.636 bits per heavy atom.